The molecule has 0 saturated carbocycles. The highest BCUT2D eigenvalue weighted by atomic mass is 16.7. The van der Waals surface area contributed by atoms with Crippen LogP contribution in [-0.2, 0) is 33.9 Å². The second-order valence-corrected chi connectivity index (χ2v) is 10.6. The van der Waals surface area contributed by atoms with Crippen LogP contribution >= 0.6 is 0 Å². The number of Topliss-reactive ketones (excluding diaryl/α,β-unsaturated/α-hetero) is 1. The number of rotatable bonds is 14. The summed E-state index contributed by atoms with van der Waals surface area (Å²) >= 11 is 0. The van der Waals surface area contributed by atoms with E-state index in [1.165, 1.54) is 0 Å². The number of ketones is 1. The van der Waals surface area contributed by atoms with Crippen LogP contribution in [0.25, 0.3) is 0 Å². The molecule has 1 heterocycles. The standard InChI is InChI=1S/C29H37N5O6/c1-20(2)15-24(26(35)18-33-27(32-40-34(33)38)17-22-11-7-5-8-12-22)30-28(36)25(16-21(3)4)31-29(37)39-19-23-13-9-6-10-14-23/h5-14,20-21,24-25H,15-19H2,1-4H3,(H-,30,31,36,37)/p+1/t24-,25-/m0/s1. The fourth-order valence-electron chi connectivity index (χ4n) is 4.20. The van der Waals surface area contributed by atoms with Crippen molar-refractivity contribution in [2.45, 2.75) is 72.2 Å². The Hall–Kier alpha value is -4.28. The quantitative estimate of drug-likeness (QED) is 0.312. The van der Waals surface area contributed by atoms with Crippen LogP contribution in [0.15, 0.2) is 65.3 Å². The zero-order chi connectivity index (χ0) is 29.1. The van der Waals surface area contributed by atoms with E-state index in [1.807, 2.05) is 88.4 Å². The lowest BCUT2D eigenvalue weighted by Crippen LogP contribution is -2.53. The number of amides is 2. The van der Waals surface area contributed by atoms with E-state index in [0.29, 0.717) is 19.3 Å². The number of nitrogens with one attached hydrogen (secondary N) is 2. The summed E-state index contributed by atoms with van der Waals surface area (Å²) in [6, 6.07) is 16.8. The molecule has 2 N–H and O–H groups in total. The van der Waals surface area contributed by atoms with E-state index in [4.69, 9.17) is 9.37 Å². The van der Waals surface area contributed by atoms with Crippen molar-refractivity contribution in [2.24, 2.45) is 11.8 Å². The molecule has 2 aromatic carbocycles. The number of aromatic nitrogens is 3. The second-order valence-electron chi connectivity index (χ2n) is 10.6. The minimum Gasteiger partial charge on any atom is -0.445 e. The van der Waals surface area contributed by atoms with Gasteiger partial charge in [0.2, 0.25) is 5.91 Å². The lowest BCUT2D eigenvalue weighted by Gasteiger charge is -2.24. The number of hydrogen-bond acceptors (Lipinski definition) is 7. The van der Waals surface area contributed by atoms with Crippen molar-refractivity contribution in [3.8, 4) is 0 Å². The monoisotopic (exact) mass is 552 g/mol. The third kappa shape index (κ3) is 9.48. The Morgan fingerprint density at radius 2 is 1.45 bits per heavy atom. The van der Waals surface area contributed by atoms with E-state index in [2.05, 4.69) is 15.8 Å². The number of nitrogens with zero attached hydrogens (tertiary/aromatic N) is 3. The average Bonchev–Trinajstić information content (AvgIpc) is 3.25. The fraction of sp³-hybridized carbons (Fsp3) is 0.448. The summed E-state index contributed by atoms with van der Waals surface area (Å²) in [6.07, 6.45) is 0.251. The van der Waals surface area contributed by atoms with Crippen LogP contribution in [0.3, 0.4) is 0 Å². The van der Waals surface area contributed by atoms with E-state index < -0.39 is 24.1 Å². The van der Waals surface area contributed by atoms with Gasteiger partial charge in [0.1, 0.15) is 19.2 Å². The molecule has 11 heteroatoms. The van der Waals surface area contributed by atoms with Crippen LogP contribution < -0.4 is 15.3 Å². The molecule has 0 radical (unpaired) electrons. The van der Waals surface area contributed by atoms with Gasteiger partial charge < -0.3 is 15.4 Å². The molecule has 214 valence electrons. The molecule has 0 bridgehead atoms. The summed E-state index contributed by atoms with van der Waals surface area (Å²) in [6.45, 7) is 7.44. The van der Waals surface area contributed by atoms with Crippen LogP contribution in [0.5, 0.6) is 0 Å². The van der Waals surface area contributed by atoms with Crippen LogP contribution in [0, 0.1) is 16.7 Å². The maximum absolute atomic E-state index is 13.4. The van der Waals surface area contributed by atoms with Gasteiger partial charge in [-0.15, -0.1) is 0 Å². The predicted octanol–water partition coefficient (Wildman–Crippen LogP) is 3.42. The fourth-order valence-corrected chi connectivity index (χ4v) is 4.20. The Morgan fingerprint density at radius 1 is 0.875 bits per heavy atom. The summed E-state index contributed by atoms with van der Waals surface area (Å²) < 4.78 is 11.3. The zero-order valence-electron chi connectivity index (χ0n) is 23.4. The van der Waals surface area contributed by atoms with Crippen molar-refractivity contribution in [1.82, 2.24) is 20.5 Å². The molecule has 3 aromatic rings. The van der Waals surface area contributed by atoms with Crippen molar-refractivity contribution >= 4 is 17.8 Å². The predicted molar refractivity (Wildman–Crippen MR) is 147 cm³/mol. The van der Waals surface area contributed by atoms with Gasteiger partial charge in [-0.25, -0.2) is 4.79 Å². The molecule has 40 heavy (non-hydrogen) atoms. The largest absolute Gasteiger partial charge is 0.445 e. The molecule has 2 amide bonds. The summed E-state index contributed by atoms with van der Waals surface area (Å²) in [5.41, 5.74) is 1.71. The molecule has 2 atom stereocenters. The van der Waals surface area contributed by atoms with Crippen molar-refractivity contribution in [2.75, 3.05) is 0 Å². The molecule has 11 nitrogen and oxygen atoms in total. The van der Waals surface area contributed by atoms with Crippen molar-refractivity contribution in [3.63, 3.8) is 0 Å². The summed E-state index contributed by atoms with van der Waals surface area (Å²) in [5, 5.41) is 9.25. The average molecular weight is 553 g/mol. The van der Waals surface area contributed by atoms with Gasteiger partial charge in [-0.1, -0.05) is 93.0 Å². The maximum atomic E-state index is 13.4. The maximum Gasteiger partial charge on any atom is 0.408 e. The highest BCUT2D eigenvalue weighted by Crippen LogP contribution is 2.12. The van der Waals surface area contributed by atoms with E-state index in [0.717, 1.165) is 15.8 Å². The Balaban J connectivity index is 1.69. The van der Waals surface area contributed by atoms with Gasteiger partial charge in [0.25, 0.3) is 4.71 Å². The van der Waals surface area contributed by atoms with Gasteiger partial charge in [0.05, 0.1) is 12.5 Å². The normalized spacial score (nSPS) is 12.7. The lowest BCUT2D eigenvalue weighted by molar-refractivity contribution is -0.783. The van der Waals surface area contributed by atoms with Crippen molar-refractivity contribution < 1.29 is 28.5 Å². The van der Waals surface area contributed by atoms with Gasteiger partial charge in [-0.2, -0.15) is 0 Å². The molecule has 0 fully saturated rings. The smallest absolute Gasteiger partial charge is 0.408 e. The third-order valence-corrected chi connectivity index (χ3v) is 6.16. The number of carbonyl (C=O) groups is 3. The number of benzene rings is 2. The topological polar surface area (TPSA) is 138 Å². The van der Waals surface area contributed by atoms with Gasteiger partial charge in [0.15, 0.2) is 10.9 Å². The molecule has 0 aliphatic heterocycles. The number of hydrogen-bond donors (Lipinski definition) is 2. The molecule has 0 unspecified atom stereocenters. The van der Waals surface area contributed by atoms with Crippen LogP contribution in [-0.4, -0.2) is 39.7 Å². The van der Waals surface area contributed by atoms with Crippen LogP contribution in [0.4, 0.5) is 4.79 Å². The first-order chi connectivity index (χ1) is 19.1. The first kappa shape index (κ1) is 30.3. The van der Waals surface area contributed by atoms with Crippen molar-refractivity contribution in [3.05, 3.63) is 82.5 Å². The Kier molecular flexibility index (Phi) is 11.2. The van der Waals surface area contributed by atoms with E-state index in [-0.39, 0.29) is 41.3 Å². The van der Waals surface area contributed by atoms with Crippen LogP contribution in [0.1, 0.15) is 57.5 Å². The van der Waals surface area contributed by atoms with Crippen LogP contribution in [0.2, 0.25) is 0 Å². The molecule has 0 aliphatic carbocycles. The minimum absolute atomic E-state index is 0.0631. The van der Waals surface area contributed by atoms with E-state index in [9.17, 15) is 19.3 Å². The van der Waals surface area contributed by atoms with Crippen molar-refractivity contribution in [1.29, 1.82) is 0 Å². The van der Waals surface area contributed by atoms with E-state index in [1.54, 1.807) is 0 Å². The molecule has 1 aromatic heterocycles. The molecule has 3 rings (SSSR count). The highest BCUT2D eigenvalue weighted by Gasteiger charge is 2.31. The SMILES string of the molecule is CC(C)C[C@H](NC(=O)[C@H](CC(C)C)NC(=O)OCc1ccccc1)C(=O)Cn1c(Cc2ccccc2)no[n+]1=O. The number of carbonyl (C=O) groups excluding carboxylic acids is 3. The highest BCUT2D eigenvalue weighted by molar-refractivity contribution is 5.92. The molecular weight excluding hydrogens is 514 g/mol. The Morgan fingerprint density at radius 3 is 2.05 bits per heavy atom. The summed E-state index contributed by atoms with van der Waals surface area (Å²) in [5.74, 6) is -0.456. The molecule has 0 spiro atoms. The second kappa shape index (κ2) is 14.8. The molecular formula is C29H38N5O6+. The first-order valence-corrected chi connectivity index (χ1v) is 13.4. The molecule has 0 saturated heterocycles. The first-order valence-electron chi connectivity index (χ1n) is 13.4. The van der Waals surface area contributed by atoms with Gasteiger partial charge in [-0.05, 0) is 40.4 Å². The van der Waals surface area contributed by atoms with Gasteiger partial charge in [-0.3, -0.25) is 9.59 Å². The molecule has 0 aliphatic rings. The van der Waals surface area contributed by atoms with Gasteiger partial charge in [0, 0.05) is 4.91 Å². The van der Waals surface area contributed by atoms with Gasteiger partial charge >= 0.3 is 11.9 Å². The third-order valence-electron chi connectivity index (χ3n) is 6.16. The zero-order valence-corrected chi connectivity index (χ0v) is 23.4. The summed E-state index contributed by atoms with van der Waals surface area (Å²) in [4.78, 5) is 51.5. The van der Waals surface area contributed by atoms with E-state index >= 15 is 0 Å². The Labute approximate surface area is 233 Å². The summed E-state index contributed by atoms with van der Waals surface area (Å²) in [7, 11) is 0. The number of ether oxygens (including phenoxy) is 1. The Bertz CT molecular complexity index is 1300. The lowest BCUT2D eigenvalue weighted by atomic mass is 9.98. The number of alkyl carbamates (subject to hydrolysis) is 1. The minimum atomic E-state index is -0.910.